The Kier molecular flexibility index (Phi) is 8.80. The summed E-state index contributed by atoms with van der Waals surface area (Å²) in [6.45, 7) is 7.28. The maximum absolute atomic E-state index is 13.6. The second-order valence-electron chi connectivity index (χ2n) is 9.53. The minimum absolute atomic E-state index is 0.116. The molecule has 0 unspecified atom stereocenters. The molecule has 0 bridgehead atoms. The van der Waals surface area contributed by atoms with E-state index in [1.807, 2.05) is 13.8 Å². The standard InChI is InChI=1S/C25H32FN3O6S/c1-17(2)11-12-36(32,33)29(20-8-6-19(26)7-9-20)24-18(15-27-16-28-24)5-10-21-13-22(14-23(30)31)35-25(3,4)34-21/h5-10,15-17,21-22H,11-14H2,1-4H3,(H,30,31)/b10-5+/t21-,22-/m1/s1. The van der Waals surface area contributed by atoms with E-state index in [2.05, 4.69) is 9.97 Å². The minimum Gasteiger partial charge on any atom is -0.481 e. The van der Waals surface area contributed by atoms with Crippen molar-refractivity contribution in [3.05, 3.63) is 54.2 Å². The topological polar surface area (TPSA) is 119 Å². The summed E-state index contributed by atoms with van der Waals surface area (Å²) in [7, 11) is -3.87. The van der Waals surface area contributed by atoms with Crippen LogP contribution in [0.2, 0.25) is 0 Å². The first-order valence-electron chi connectivity index (χ1n) is 11.7. The Morgan fingerprint density at radius 3 is 2.61 bits per heavy atom. The van der Waals surface area contributed by atoms with E-state index in [1.54, 1.807) is 26.0 Å². The highest BCUT2D eigenvalue weighted by molar-refractivity contribution is 7.93. The van der Waals surface area contributed by atoms with Gasteiger partial charge in [-0.3, -0.25) is 4.79 Å². The molecule has 0 radical (unpaired) electrons. The SMILES string of the molecule is CC(C)CCS(=O)(=O)N(c1ccc(F)cc1)c1ncncc1/C=C/[C@@H]1C[C@H](CC(=O)O)OC(C)(C)O1. The smallest absolute Gasteiger partial charge is 0.305 e. The number of carboxylic acids is 1. The maximum atomic E-state index is 13.6. The van der Waals surface area contributed by atoms with Gasteiger partial charge in [-0.15, -0.1) is 0 Å². The largest absolute Gasteiger partial charge is 0.481 e. The van der Waals surface area contributed by atoms with Gasteiger partial charge in [-0.1, -0.05) is 26.0 Å². The van der Waals surface area contributed by atoms with Gasteiger partial charge in [0.1, 0.15) is 12.1 Å². The fourth-order valence-electron chi connectivity index (χ4n) is 3.89. The average molecular weight is 522 g/mol. The highest BCUT2D eigenvalue weighted by Gasteiger charge is 2.35. The highest BCUT2D eigenvalue weighted by Crippen LogP contribution is 2.33. The molecule has 0 saturated carbocycles. The number of anilines is 2. The first-order valence-corrected chi connectivity index (χ1v) is 13.3. The van der Waals surface area contributed by atoms with Gasteiger partial charge in [0, 0.05) is 18.2 Å². The number of halogens is 1. The number of rotatable bonds is 10. The first-order chi connectivity index (χ1) is 16.9. The number of hydrogen-bond donors (Lipinski definition) is 1. The summed E-state index contributed by atoms with van der Waals surface area (Å²) in [5, 5.41) is 9.17. The van der Waals surface area contributed by atoms with Crippen LogP contribution in [-0.2, 0) is 24.3 Å². The fraction of sp³-hybridized carbons (Fsp3) is 0.480. The van der Waals surface area contributed by atoms with Crippen molar-refractivity contribution in [2.24, 2.45) is 5.92 Å². The molecule has 36 heavy (non-hydrogen) atoms. The summed E-state index contributed by atoms with van der Waals surface area (Å²) in [6, 6.07) is 5.16. The van der Waals surface area contributed by atoms with Crippen LogP contribution >= 0.6 is 0 Å². The predicted molar refractivity (Wildman–Crippen MR) is 134 cm³/mol. The number of hydrogen-bond acceptors (Lipinski definition) is 7. The lowest BCUT2D eigenvalue weighted by atomic mass is 10.0. The Hall–Kier alpha value is -2.89. The Balaban J connectivity index is 1.98. The molecular formula is C25H32FN3O6S. The van der Waals surface area contributed by atoms with E-state index in [-0.39, 0.29) is 29.6 Å². The van der Waals surface area contributed by atoms with Crippen molar-refractivity contribution in [2.75, 3.05) is 10.1 Å². The summed E-state index contributed by atoms with van der Waals surface area (Å²) < 4.78 is 53.3. The molecule has 1 N–H and O–H groups in total. The number of nitrogens with zero attached hydrogens (tertiary/aromatic N) is 3. The molecule has 196 valence electrons. The average Bonchev–Trinajstić information content (AvgIpc) is 2.77. The quantitative estimate of drug-likeness (QED) is 0.484. The molecule has 0 spiro atoms. The predicted octanol–water partition coefficient (Wildman–Crippen LogP) is 4.53. The van der Waals surface area contributed by atoms with Crippen LogP contribution in [0.3, 0.4) is 0 Å². The molecule has 3 rings (SSSR count). The molecule has 9 nitrogen and oxygen atoms in total. The molecule has 1 fully saturated rings. The van der Waals surface area contributed by atoms with Crippen molar-refractivity contribution in [1.29, 1.82) is 0 Å². The van der Waals surface area contributed by atoms with Gasteiger partial charge in [-0.2, -0.15) is 0 Å². The summed E-state index contributed by atoms with van der Waals surface area (Å²) in [4.78, 5) is 19.5. The Morgan fingerprint density at radius 2 is 1.97 bits per heavy atom. The molecular weight excluding hydrogens is 489 g/mol. The molecule has 0 aliphatic carbocycles. The number of aliphatic carboxylic acids is 1. The Bertz CT molecular complexity index is 1180. The van der Waals surface area contributed by atoms with Crippen LogP contribution < -0.4 is 4.31 Å². The van der Waals surface area contributed by atoms with Crippen molar-refractivity contribution in [2.45, 2.75) is 65.0 Å². The fourth-order valence-corrected chi connectivity index (χ4v) is 5.70. The number of sulfonamides is 1. The second kappa shape index (κ2) is 11.4. The third kappa shape index (κ3) is 7.55. The molecule has 1 aliphatic rings. The van der Waals surface area contributed by atoms with E-state index in [1.165, 1.54) is 36.8 Å². The lowest BCUT2D eigenvalue weighted by Gasteiger charge is -2.39. The lowest BCUT2D eigenvalue weighted by molar-refractivity contribution is -0.290. The normalized spacial score (nSPS) is 20.1. The summed E-state index contributed by atoms with van der Waals surface area (Å²) >= 11 is 0. The third-order valence-electron chi connectivity index (χ3n) is 5.48. The zero-order chi connectivity index (χ0) is 26.5. The molecule has 2 aromatic rings. The number of benzene rings is 1. The molecule has 1 aromatic heterocycles. The lowest BCUT2D eigenvalue weighted by Crippen LogP contribution is -2.44. The summed E-state index contributed by atoms with van der Waals surface area (Å²) in [5.74, 6) is -2.30. The molecule has 2 heterocycles. The van der Waals surface area contributed by atoms with E-state index >= 15 is 0 Å². The van der Waals surface area contributed by atoms with Crippen LogP contribution in [0.1, 0.15) is 52.5 Å². The van der Waals surface area contributed by atoms with Crippen LogP contribution in [0.25, 0.3) is 6.08 Å². The van der Waals surface area contributed by atoms with Gasteiger partial charge in [0.25, 0.3) is 0 Å². The van der Waals surface area contributed by atoms with Gasteiger partial charge in [-0.25, -0.2) is 27.1 Å². The van der Waals surface area contributed by atoms with E-state index in [0.29, 0.717) is 18.4 Å². The van der Waals surface area contributed by atoms with Crippen molar-refractivity contribution in [3.63, 3.8) is 0 Å². The van der Waals surface area contributed by atoms with Crippen molar-refractivity contribution >= 4 is 33.6 Å². The van der Waals surface area contributed by atoms with Crippen LogP contribution in [0.15, 0.2) is 42.9 Å². The number of carbonyl (C=O) groups is 1. The molecule has 1 aliphatic heterocycles. The van der Waals surface area contributed by atoms with Gasteiger partial charge in [-0.05, 0) is 50.5 Å². The molecule has 1 aromatic carbocycles. The number of carboxylic acid groups (broad SMARTS) is 1. The Morgan fingerprint density at radius 1 is 1.28 bits per heavy atom. The second-order valence-corrected chi connectivity index (χ2v) is 11.5. The van der Waals surface area contributed by atoms with E-state index in [9.17, 15) is 17.6 Å². The summed E-state index contributed by atoms with van der Waals surface area (Å²) in [5.41, 5.74) is 0.649. The van der Waals surface area contributed by atoms with Gasteiger partial charge >= 0.3 is 5.97 Å². The van der Waals surface area contributed by atoms with Crippen LogP contribution in [0.5, 0.6) is 0 Å². The molecule has 2 atom stereocenters. The van der Waals surface area contributed by atoms with Gasteiger partial charge in [0.05, 0.1) is 30.1 Å². The molecule has 1 saturated heterocycles. The zero-order valence-electron chi connectivity index (χ0n) is 20.8. The first kappa shape index (κ1) is 27.7. The zero-order valence-corrected chi connectivity index (χ0v) is 21.6. The summed E-state index contributed by atoms with van der Waals surface area (Å²) in [6.07, 6.45) is 5.64. The minimum atomic E-state index is -3.87. The van der Waals surface area contributed by atoms with Crippen molar-refractivity contribution in [3.8, 4) is 0 Å². The third-order valence-corrected chi connectivity index (χ3v) is 7.17. The van der Waals surface area contributed by atoms with Gasteiger partial charge in [0.15, 0.2) is 11.6 Å². The highest BCUT2D eigenvalue weighted by atomic mass is 32.2. The van der Waals surface area contributed by atoms with Crippen LogP contribution in [0, 0.1) is 11.7 Å². The molecule has 11 heteroatoms. The Labute approximate surface area is 211 Å². The van der Waals surface area contributed by atoms with Gasteiger partial charge < -0.3 is 14.6 Å². The van der Waals surface area contributed by atoms with E-state index < -0.39 is 39.8 Å². The molecule has 0 amide bonds. The number of aromatic nitrogens is 2. The monoisotopic (exact) mass is 521 g/mol. The van der Waals surface area contributed by atoms with Gasteiger partial charge in [0.2, 0.25) is 10.0 Å². The van der Waals surface area contributed by atoms with Crippen molar-refractivity contribution in [1.82, 2.24) is 9.97 Å². The van der Waals surface area contributed by atoms with Crippen LogP contribution in [0.4, 0.5) is 15.9 Å². The van der Waals surface area contributed by atoms with E-state index in [0.717, 1.165) is 4.31 Å². The maximum Gasteiger partial charge on any atom is 0.305 e. The van der Waals surface area contributed by atoms with Crippen LogP contribution in [-0.4, -0.2) is 53.2 Å². The number of ether oxygens (including phenoxy) is 2. The van der Waals surface area contributed by atoms with Crippen molar-refractivity contribution < 1.29 is 32.2 Å². The van der Waals surface area contributed by atoms with E-state index in [4.69, 9.17) is 14.6 Å².